The van der Waals surface area contributed by atoms with E-state index in [-0.39, 0.29) is 5.91 Å². The van der Waals surface area contributed by atoms with Crippen molar-refractivity contribution in [2.45, 2.75) is 6.54 Å². The van der Waals surface area contributed by atoms with Crippen LogP contribution in [0.2, 0.25) is 5.02 Å². The van der Waals surface area contributed by atoms with Crippen molar-refractivity contribution in [2.75, 3.05) is 39.4 Å². The van der Waals surface area contributed by atoms with Crippen LogP contribution in [0.25, 0.3) is 11.0 Å². The highest BCUT2D eigenvalue weighted by molar-refractivity contribution is 6.33. The molecule has 6 nitrogen and oxygen atoms in total. The van der Waals surface area contributed by atoms with Gasteiger partial charge in [-0.3, -0.25) is 4.79 Å². The van der Waals surface area contributed by atoms with Gasteiger partial charge in [-0.2, -0.15) is 0 Å². The van der Waals surface area contributed by atoms with Crippen LogP contribution in [-0.4, -0.2) is 59.8 Å². The van der Waals surface area contributed by atoms with Gasteiger partial charge in [0.25, 0.3) is 5.91 Å². The molecule has 0 unspecified atom stereocenters. The summed E-state index contributed by atoms with van der Waals surface area (Å²) >= 11 is 6.32. The van der Waals surface area contributed by atoms with Crippen LogP contribution in [-0.2, 0) is 18.3 Å². The van der Waals surface area contributed by atoms with E-state index in [4.69, 9.17) is 21.3 Å². The van der Waals surface area contributed by atoms with Gasteiger partial charge in [0.05, 0.1) is 54.5 Å². The molecular formula is C22H26ClN4O2+. The average Bonchev–Trinajstić information content (AvgIpc) is 3.07. The number of halogens is 1. The highest BCUT2D eigenvalue weighted by Crippen LogP contribution is 2.20. The number of morpholine rings is 1. The van der Waals surface area contributed by atoms with Crippen LogP contribution in [0.1, 0.15) is 16.2 Å². The molecule has 1 saturated heterocycles. The molecule has 0 saturated carbocycles. The first-order chi connectivity index (χ1) is 14.1. The first kappa shape index (κ1) is 19.9. The molecule has 3 aromatic rings. The molecule has 1 aliphatic heterocycles. The van der Waals surface area contributed by atoms with Gasteiger partial charge in [0.15, 0.2) is 0 Å². The van der Waals surface area contributed by atoms with Crippen LogP contribution in [0.4, 0.5) is 0 Å². The van der Waals surface area contributed by atoms with E-state index < -0.39 is 0 Å². The van der Waals surface area contributed by atoms with Crippen molar-refractivity contribution >= 4 is 28.5 Å². The Morgan fingerprint density at radius 1 is 1.17 bits per heavy atom. The summed E-state index contributed by atoms with van der Waals surface area (Å²) in [4.78, 5) is 21.4. The van der Waals surface area contributed by atoms with Gasteiger partial charge in [-0.25, -0.2) is 4.98 Å². The standard InChI is InChI=1S/C22H25ClN4O2/c1-25-20-9-5-4-8-19(20)24-21(25)16-27(11-10-26-12-14-29-15-13-26)22(28)17-6-2-3-7-18(17)23/h2-9H,10-16H2,1H3/p+1. The fourth-order valence-electron chi connectivity index (χ4n) is 3.77. The Morgan fingerprint density at radius 3 is 2.66 bits per heavy atom. The first-order valence-electron chi connectivity index (χ1n) is 9.99. The van der Waals surface area contributed by atoms with Gasteiger partial charge in [0.2, 0.25) is 0 Å². The number of carbonyl (C=O) groups excluding carboxylic acids is 1. The molecule has 0 aliphatic carbocycles. The highest BCUT2D eigenvalue weighted by atomic mass is 35.5. The van der Waals surface area contributed by atoms with Crippen molar-refractivity contribution in [3.8, 4) is 0 Å². The second kappa shape index (κ2) is 8.95. The Balaban J connectivity index is 1.58. The van der Waals surface area contributed by atoms with E-state index in [1.165, 1.54) is 4.90 Å². The van der Waals surface area contributed by atoms with Crippen LogP contribution in [0.5, 0.6) is 0 Å². The zero-order valence-electron chi connectivity index (χ0n) is 16.6. The molecule has 0 atom stereocenters. The molecule has 2 aromatic carbocycles. The predicted molar refractivity (Wildman–Crippen MR) is 113 cm³/mol. The monoisotopic (exact) mass is 413 g/mol. The molecule has 1 aromatic heterocycles. The number of hydrogen-bond acceptors (Lipinski definition) is 3. The Bertz CT molecular complexity index is 997. The third kappa shape index (κ3) is 4.45. The molecule has 4 rings (SSSR count). The lowest BCUT2D eigenvalue weighted by atomic mass is 10.2. The molecule has 1 N–H and O–H groups in total. The number of rotatable bonds is 6. The summed E-state index contributed by atoms with van der Waals surface area (Å²) in [5, 5.41) is 0.478. The molecule has 29 heavy (non-hydrogen) atoms. The number of amides is 1. The normalized spacial score (nSPS) is 15.0. The summed E-state index contributed by atoms with van der Waals surface area (Å²) in [6.45, 7) is 5.46. The van der Waals surface area contributed by atoms with Gasteiger partial charge in [-0.05, 0) is 24.3 Å². The fraction of sp³-hybridized carbons (Fsp3) is 0.364. The van der Waals surface area contributed by atoms with Gasteiger partial charge in [0, 0.05) is 7.05 Å². The summed E-state index contributed by atoms with van der Waals surface area (Å²) in [7, 11) is 2.00. The summed E-state index contributed by atoms with van der Waals surface area (Å²) in [5.74, 6) is 0.805. The van der Waals surface area contributed by atoms with E-state index >= 15 is 0 Å². The Kier molecular flexibility index (Phi) is 6.13. The van der Waals surface area contributed by atoms with Crippen LogP contribution >= 0.6 is 11.6 Å². The quantitative estimate of drug-likeness (QED) is 0.670. The zero-order valence-corrected chi connectivity index (χ0v) is 17.4. The minimum absolute atomic E-state index is 0.0599. The third-order valence-electron chi connectivity index (χ3n) is 5.54. The molecule has 1 aliphatic rings. The van der Waals surface area contributed by atoms with E-state index in [1.54, 1.807) is 12.1 Å². The van der Waals surface area contributed by atoms with Gasteiger partial charge in [-0.15, -0.1) is 0 Å². The number of para-hydroxylation sites is 2. The Morgan fingerprint density at radius 2 is 1.90 bits per heavy atom. The number of aromatic nitrogens is 2. The second-order valence-electron chi connectivity index (χ2n) is 7.39. The third-order valence-corrected chi connectivity index (χ3v) is 5.87. The van der Waals surface area contributed by atoms with Crippen molar-refractivity contribution in [3.05, 3.63) is 64.9 Å². The van der Waals surface area contributed by atoms with E-state index in [0.717, 1.165) is 49.7 Å². The topological polar surface area (TPSA) is 51.8 Å². The molecular weight excluding hydrogens is 388 g/mol. The smallest absolute Gasteiger partial charge is 0.255 e. The average molecular weight is 414 g/mol. The molecule has 0 spiro atoms. The molecule has 0 radical (unpaired) electrons. The lowest BCUT2D eigenvalue weighted by Gasteiger charge is -2.28. The Hall–Kier alpha value is -2.41. The van der Waals surface area contributed by atoms with Crippen molar-refractivity contribution in [1.82, 2.24) is 14.5 Å². The van der Waals surface area contributed by atoms with E-state index in [2.05, 4.69) is 4.57 Å². The van der Waals surface area contributed by atoms with Crippen LogP contribution < -0.4 is 4.90 Å². The van der Waals surface area contributed by atoms with Crippen LogP contribution in [0.3, 0.4) is 0 Å². The molecule has 2 heterocycles. The maximum absolute atomic E-state index is 13.3. The Labute approximate surface area is 175 Å². The number of nitrogens with zero attached hydrogens (tertiary/aromatic N) is 3. The molecule has 7 heteroatoms. The highest BCUT2D eigenvalue weighted by Gasteiger charge is 2.23. The van der Waals surface area contributed by atoms with Gasteiger partial charge in [-0.1, -0.05) is 35.9 Å². The minimum atomic E-state index is -0.0599. The SMILES string of the molecule is Cn1c(CN(CC[NH+]2CCOCC2)C(=O)c2ccccc2Cl)nc2ccccc21. The van der Waals surface area contributed by atoms with E-state index in [9.17, 15) is 4.79 Å². The van der Waals surface area contributed by atoms with Crippen molar-refractivity contribution < 1.29 is 14.4 Å². The van der Waals surface area contributed by atoms with Crippen molar-refractivity contribution in [1.29, 1.82) is 0 Å². The summed E-state index contributed by atoms with van der Waals surface area (Å²) in [5.41, 5.74) is 2.53. The summed E-state index contributed by atoms with van der Waals surface area (Å²) in [6, 6.07) is 15.3. The number of quaternary nitrogens is 1. The number of benzene rings is 2. The summed E-state index contributed by atoms with van der Waals surface area (Å²) < 4.78 is 7.51. The van der Waals surface area contributed by atoms with Crippen LogP contribution in [0.15, 0.2) is 48.5 Å². The van der Waals surface area contributed by atoms with Gasteiger partial charge in [0.1, 0.15) is 18.9 Å². The number of hydrogen-bond donors (Lipinski definition) is 1. The lowest BCUT2D eigenvalue weighted by molar-refractivity contribution is -0.907. The first-order valence-corrected chi connectivity index (χ1v) is 10.4. The number of imidazole rings is 1. The lowest BCUT2D eigenvalue weighted by Crippen LogP contribution is -3.14. The number of carbonyl (C=O) groups is 1. The van der Waals surface area contributed by atoms with Crippen LogP contribution in [0, 0.1) is 0 Å². The largest absolute Gasteiger partial charge is 0.370 e. The maximum atomic E-state index is 13.3. The predicted octanol–water partition coefficient (Wildman–Crippen LogP) is 1.78. The van der Waals surface area contributed by atoms with Crippen molar-refractivity contribution in [2.24, 2.45) is 7.05 Å². The minimum Gasteiger partial charge on any atom is -0.370 e. The van der Waals surface area contributed by atoms with E-state index in [1.807, 2.05) is 48.3 Å². The zero-order chi connectivity index (χ0) is 20.2. The van der Waals surface area contributed by atoms with Gasteiger partial charge >= 0.3 is 0 Å². The second-order valence-corrected chi connectivity index (χ2v) is 7.80. The van der Waals surface area contributed by atoms with E-state index in [0.29, 0.717) is 23.7 Å². The number of aryl methyl sites for hydroxylation is 1. The summed E-state index contributed by atoms with van der Waals surface area (Å²) in [6.07, 6.45) is 0. The maximum Gasteiger partial charge on any atom is 0.255 e. The molecule has 1 amide bonds. The number of ether oxygens (including phenoxy) is 1. The number of fused-ring (bicyclic) bond motifs is 1. The molecule has 1 fully saturated rings. The number of nitrogens with one attached hydrogen (secondary N) is 1. The van der Waals surface area contributed by atoms with Crippen molar-refractivity contribution in [3.63, 3.8) is 0 Å². The van der Waals surface area contributed by atoms with Gasteiger partial charge < -0.3 is 19.1 Å². The molecule has 0 bridgehead atoms. The fourth-order valence-corrected chi connectivity index (χ4v) is 3.98. The molecule has 152 valence electrons.